The fraction of sp³-hybridized carbons (Fsp3) is 0.222. The van der Waals surface area contributed by atoms with E-state index < -0.39 is 6.10 Å². The minimum Gasteiger partial charge on any atom is -0.389 e. The van der Waals surface area contributed by atoms with Crippen LogP contribution < -0.4 is 0 Å². The van der Waals surface area contributed by atoms with Crippen LogP contribution in [0, 0.1) is 0 Å². The van der Waals surface area contributed by atoms with Gasteiger partial charge < -0.3 is 5.11 Å². The van der Waals surface area contributed by atoms with Crippen LogP contribution in [0.2, 0.25) is 0 Å². The smallest absolute Gasteiger partial charge is 0.0798 e. The van der Waals surface area contributed by atoms with E-state index in [0.717, 1.165) is 11.1 Å². The first-order valence-corrected chi connectivity index (χ1v) is 3.89. The second-order valence-electron chi connectivity index (χ2n) is 2.81. The van der Waals surface area contributed by atoms with Crippen LogP contribution in [0.1, 0.15) is 18.6 Å². The summed E-state index contributed by atoms with van der Waals surface area (Å²) in [5, 5.41) is 13.5. The van der Waals surface area contributed by atoms with Crippen molar-refractivity contribution in [1.82, 2.24) is 9.61 Å². The van der Waals surface area contributed by atoms with Crippen LogP contribution in [0.25, 0.3) is 5.52 Å². The molecule has 3 nitrogen and oxygen atoms in total. The maximum atomic E-state index is 9.36. The molecule has 0 fully saturated rings. The van der Waals surface area contributed by atoms with E-state index in [1.54, 1.807) is 17.6 Å². The number of hydrogen-bond donors (Lipinski definition) is 1. The molecule has 1 atom stereocenters. The molecule has 0 radical (unpaired) electrons. The Morgan fingerprint density at radius 3 is 3.08 bits per heavy atom. The highest BCUT2D eigenvalue weighted by Crippen LogP contribution is 2.17. The Balaban J connectivity index is 2.70. The quantitative estimate of drug-likeness (QED) is 0.688. The first-order valence-electron chi connectivity index (χ1n) is 3.89. The van der Waals surface area contributed by atoms with Gasteiger partial charge in [0.1, 0.15) is 0 Å². The van der Waals surface area contributed by atoms with Gasteiger partial charge in [0.2, 0.25) is 0 Å². The zero-order chi connectivity index (χ0) is 8.55. The van der Waals surface area contributed by atoms with Crippen LogP contribution in [0.4, 0.5) is 0 Å². The summed E-state index contributed by atoms with van der Waals surface area (Å²) in [7, 11) is 0. The molecule has 12 heavy (non-hydrogen) atoms. The van der Waals surface area contributed by atoms with Crippen LogP contribution in [-0.2, 0) is 0 Å². The van der Waals surface area contributed by atoms with Crippen LogP contribution in [-0.4, -0.2) is 14.7 Å². The van der Waals surface area contributed by atoms with Crippen LogP contribution in [0.3, 0.4) is 0 Å². The molecule has 0 unspecified atom stereocenters. The largest absolute Gasteiger partial charge is 0.389 e. The van der Waals surface area contributed by atoms with E-state index in [9.17, 15) is 5.11 Å². The van der Waals surface area contributed by atoms with Gasteiger partial charge in [0, 0.05) is 11.8 Å². The summed E-state index contributed by atoms with van der Waals surface area (Å²) in [6.07, 6.45) is 3.10. The molecular weight excluding hydrogens is 152 g/mol. The van der Waals surface area contributed by atoms with Gasteiger partial charge in [0.05, 0.1) is 17.8 Å². The fourth-order valence-corrected chi connectivity index (χ4v) is 1.28. The molecule has 3 heteroatoms. The average molecular weight is 162 g/mol. The minimum absolute atomic E-state index is 0.454. The number of aromatic nitrogens is 2. The van der Waals surface area contributed by atoms with Gasteiger partial charge in [-0.1, -0.05) is 6.07 Å². The zero-order valence-electron chi connectivity index (χ0n) is 6.81. The lowest BCUT2D eigenvalue weighted by molar-refractivity contribution is 0.201. The maximum absolute atomic E-state index is 9.36. The van der Waals surface area contributed by atoms with Crippen LogP contribution in [0.15, 0.2) is 30.6 Å². The number of aliphatic hydroxyl groups excluding tert-OH is 1. The summed E-state index contributed by atoms with van der Waals surface area (Å²) in [6.45, 7) is 1.74. The van der Waals surface area contributed by atoms with Crippen LogP contribution in [0.5, 0.6) is 0 Å². The Morgan fingerprint density at radius 2 is 2.33 bits per heavy atom. The topological polar surface area (TPSA) is 37.5 Å². The van der Waals surface area contributed by atoms with Crippen molar-refractivity contribution in [2.75, 3.05) is 0 Å². The lowest BCUT2D eigenvalue weighted by Crippen LogP contribution is -1.89. The molecule has 62 valence electrons. The van der Waals surface area contributed by atoms with Gasteiger partial charge in [-0.3, -0.25) is 0 Å². The summed E-state index contributed by atoms with van der Waals surface area (Å²) in [6, 6.07) is 5.78. The van der Waals surface area contributed by atoms with E-state index in [-0.39, 0.29) is 0 Å². The molecule has 0 aliphatic carbocycles. The highest BCUT2D eigenvalue weighted by Gasteiger charge is 2.06. The van der Waals surface area contributed by atoms with Gasteiger partial charge in [-0.15, -0.1) is 0 Å². The Kier molecular flexibility index (Phi) is 1.59. The Labute approximate surface area is 70.3 Å². The standard InChI is InChI=1S/C9H10N2O/c1-7(12)8-6-10-11-5-3-2-4-9(8)11/h2-7,12H,1H3/t7-/m0/s1. The lowest BCUT2D eigenvalue weighted by atomic mass is 10.2. The van der Waals surface area contributed by atoms with Crippen molar-refractivity contribution in [3.05, 3.63) is 36.2 Å². The molecule has 0 aliphatic rings. The highest BCUT2D eigenvalue weighted by atomic mass is 16.3. The molecule has 2 heterocycles. The summed E-state index contributed by atoms with van der Waals surface area (Å²) in [5.41, 5.74) is 1.84. The Morgan fingerprint density at radius 1 is 1.50 bits per heavy atom. The van der Waals surface area contributed by atoms with Crippen molar-refractivity contribution >= 4 is 5.52 Å². The molecular formula is C9H10N2O. The molecule has 0 spiro atoms. The number of rotatable bonds is 1. The van der Waals surface area contributed by atoms with Gasteiger partial charge in [0.15, 0.2) is 0 Å². The molecule has 0 bridgehead atoms. The number of fused-ring (bicyclic) bond motifs is 1. The molecule has 2 aromatic rings. The minimum atomic E-state index is -0.454. The van der Waals surface area contributed by atoms with Crippen molar-refractivity contribution in [3.8, 4) is 0 Å². The summed E-state index contributed by atoms with van der Waals surface area (Å²) in [4.78, 5) is 0. The number of nitrogens with zero attached hydrogens (tertiary/aromatic N) is 2. The van der Waals surface area contributed by atoms with E-state index in [4.69, 9.17) is 0 Å². The maximum Gasteiger partial charge on any atom is 0.0798 e. The molecule has 0 aliphatic heterocycles. The second-order valence-corrected chi connectivity index (χ2v) is 2.81. The van der Waals surface area contributed by atoms with Gasteiger partial charge in [-0.05, 0) is 19.1 Å². The number of pyridine rings is 1. The first-order chi connectivity index (χ1) is 5.79. The first kappa shape index (κ1) is 7.31. The van der Waals surface area contributed by atoms with Gasteiger partial charge in [0.25, 0.3) is 0 Å². The van der Waals surface area contributed by atoms with Crippen molar-refractivity contribution in [1.29, 1.82) is 0 Å². The van der Waals surface area contributed by atoms with Gasteiger partial charge in [-0.2, -0.15) is 5.10 Å². The molecule has 0 saturated heterocycles. The van der Waals surface area contributed by atoms with Crippen LogP contribution >= 0.6 is 0 Å². The molecule has 0 saturated carbocycles. The average Bonchev–Trinajstić information content (AvgIpc) is 2.47. The molecule has 1 N–H and O–H groups in total. The molecule has 0 amide bonds. The van der Waals surface area contributed by atoms with E-state index in [0.29, 0.717) is 0 Å². The Bertz CT molecular complexity index is 392. The second kappa shape index (κ2) is 2.60. The van der Waals surface area contributed by atoms with E-state index in [1.807, 2.05) is 24.4 Å². The van der Waals surface area contributed by atoms with Crippen molar-refractivity contribution in [2.24, 2.45) is 0 Å². The van der Waals surface area contributed by atoms with Gasteiger partial charge >= 0.3 is 0 Å². The van der Waals surface area contributed by atoms with Crippen molar-refractivity contribution in [2.45, 2.75) is 13.0 Å². The molecule has 2 aromatic heterocycles. The van der Waals surface area contributed by atoms with Crippen molar-refractivity contribution < 1.29 is 5.11 Å². The summed E-state index contributed by atoms with van der Waals surface area (Å²) >= 11 is 0. The molecule has 0 aromatic carbocycles. The predicted molar refractivity (Wildman–Crippen MR) is 45.8 cm³/mol. The monoisotopic (exact) mass is 162 g/mol. The number of hydrogen-bond acceptors (Lipinski definition) is 2. The fourth-order valence-electron chi connectivity index (χ4n) is 1.28. The Hall–Kier alpha value is -1.35. The lowest BCUT2D eigenvalue weighted by Gasteiger charge is -1.99. The van der Waals surface area contributed by atoms with E-state index >= 15 is 0 Å². The molecule has 2 rings (SSSR count). The zero-order valence-corrected chi connectivity index (χ0v) is 6.81. The predicted octanol–water partition coefficient (Wildman–Crippen LogP) is 1.39. The highest BCUT2D eigenvalue weighted by molar-refractivity contribution is 5.54. The van der Waals surface area contributed by atoms with Gasteiger partial charge in [-0.25, -0.2) is 4.52 Å². The number of aliphatic hydroxyl groups is 1. The summed E-state index contributed by atoms with van der Waals surface area (Å²) in [5.74, 6) is 0. The third-order valence-electron chi connectivity index (χ3n) is 1.91. The van der Waals surface area contributed by atoms with E-state index in [1.165, 1.54) is 0 Å². The normalized spacial score (nSPS) is 13.5. The van der Waals surface area contributed by atoms with E-state index in [2.05, 4.69) is 5.10 Å². The summed E-state index contributed by atoms with van der Waals surface area (Å²) < 4.78 is 1.75. The SMILES string of the molecule is C[C@H](O)c1cnn2ccccc12. The third-order valence-corrected chi connectivity index (χ3v) is 1.91. The third kappa shape index (κ3) is 0.987. The van der Waals surface area contributed by atoms with Crippen molar-refractivity contribution in [3.63, 3.8) is 0 Å².